The van der Waals surface area contributed by atoms with Crippen molar-refractivity contribution in [3.63, 3.8) is 0 Å². The van der Waals surface area contributed by atoms with Gasteiger partial charge in [-0.25, -0.2) is 4.68 Å². The molecule has 2 aromatic rings. The molecule has 80 valence electrons. The maximum absolute atomic E-state index is 5.60. The third kappa shape index (κ3) is 2.56. The Morgan fingerprint density at radius 3 is 3.07 bits per heavy atom. The van der Waals surface area contributed by atoms with Gasteiger partial charge in [0.05, 0.1) is 11.4 Å². The standard InChI is InChI=1S/C9H11ClN4O/c1-7-4-9(15-12-7)6-14-5-8(2-3-10)11-13-14/h4-5H,2-3,6H2,1H3. The first-order valence-electron chi connectivity index (χ1n) is 4.65. The molecule has 0 aliphatic heterocycles. The van der Waals surface area contributed by atoms with Crippen molar-refractivity contribution >= 4 is 11.6 Å². The SMILES string of the molecule is Cc1cc(Cn2cc(CCCl)nn2)on1. The third-order valence-electron chi connectivity index (χ3n) is 1.93. The van der Waals surface area contributed by atoms with Crippen LogP contribution in [0.1, 0.15) is 17.1 Å². The van der Waals surface area contributed by atoms with Crippen molar-refractivity contribution in [2.75, 3.05) is 5.88 Å². The normalized spacial score (nSPS) is 10.8. The van der Waals surface area contributed by atoms with Gasteiger partial charge in [-0.1, -0.05) is 10.4 Å². The number of rotatable bonds is 4. The van der Waals surface area contributed by atoms with Crippen LogP contribution in [0.3, 0.4) is 0 Å². The summed E-state index contributed by atoms with van der Waals surface area (Å²) in [4.78, 5) is 0. The fourth-order valence-corrected chi connectivity index (χ4v) is 1.47. The number of nitrogens with zero attached hydrogens (tertiary/aromatic N) is 4. The molecule has 0 unspecified atom stereocenters. The lowest BCUT2D eigenvalue weighted by atomic mass is 10.3. The molecule has 0 saturated carbocycles. The molecular formula is C9H11ClN4O. The van der Waals surface area contributed by atoms with E-state index in [1.54, 1.807) is 4.68 Å². The Morgan fingerprint density at radius 1 is 1.53 bits per heavy atom. The van der Waals surface area contributed by atoms with Gasteiger partial charge in [-0.15, -0.1) is 16.7 Å². The van der Waals surface area contributed by atoms with Crippen molar-refractivity contribution < 1.29 is 4.52 Å². The first-order chi connectivity index (χ1) is 7.28. The summed E-state index contributed by atoms with van der Waals surface area (Å²) in [5.41, 5.74) is 1.76. The predicted molar refractivity (Wildman–Crippen MR) is 54.8 cm³/mol. The highest BCUT2D eigenvalue weighted by Crippen LogP contribution is 2.05. The molecule has 0 aromatic carbocycles. The molecule has 6 heteroatoms. The molecule has 0 saturated heterocycles. The number of hydrogen-bond donors (Lipinski definition) is 0. The van der Waals surface area contributed by atoms with Crippen LogP contribution in [0.15, 0.2) is 16.8 Å². The van der Waals surface area contributed by atoms with Gasteiger partial charge in [-0.05, 0) is 6.92 Å². The number of hydrogen-bond acceptors (Lipinski definition) is 4. The first kappa shape index (κ1) is 10.2. The third-order valence-corrected chi connectivity index (χ3v) is 2.12. The Morgan fingerprint density at radius 2 is 2.40 bits per heavy atom. The van der Waals surface area contributed by atoms with E-state index in [1.165, 1.54) is 0 Å². The molecule has 0 bridgehead atoms. The molecule has 0 amide bonds. The minimum Gasteiger partial charge on any atom is -0.359 e. The number of aryl methyl sites for hydroxylation is 2. The van der Waals surface area contributed by atoms with Gasteiger partial charge in [0.25, 0.3) is 0 Å². The molecule has 2 heterocycles. The Kier molecular flexibility index (Phi) is 3.01. The van der Waals surface area contributed by atoms with Gasteiger partial charge in [0.15, 0.2) is 5.76 Å². The Hall–Kier alpha value is -1.36. The lowest BCUT2D eigenvalue weighted by Gasteiger charge is -1.93. The topological polar surface area (TPSA) is 56.7 Å². The molecule has 0 atom stereocenters. The van der Waals surface area contributed by atoms with Crippen LogP contribution in [-0.2, 0) is 13.0 Å². The highest BCUT2D eigenvalue weighted by atomic mass is 35.5. The summed E-state index contributed by atoms with van der Waals surface area (Å²) in [6, 6.07) is 1.88. The fourth-order valence-electron chi connectivity index (χ4n) is 1.28. The van der Waals surface area contributed by atoms with Crippen LogP contribution in [0.5, 0.6) is 0 Å². The zero-order valence-electron chi connectivity index (χ0n) is 8.35. The van der Waals surface area contributed by atoms with Crippen molar-refractivity contribution in [3.8, 4) is 0 Å². The summed E-state index contributed by atoms with van der Waals surface area (Å²) in [6.45, 7) is 2.43. The van der Waals surface area contributed by atoms with E-state index in [0.717, 1.165) is 23.6 Å². The smallest absolute Gasteiger partial charge is 0.158 e. The predicted octanol–water partition coefficient (Wildman–Crippen LogP) is 1.40. The van der Waals surface area contributed by atoms with Crippen LogP contribution in [0.25, 0.3) is 0 Å². The molecule has 2 rings (SSSR count). The molecule has 15 heavy (non-hydrogen) atoms. The Bertz CT molecular complexity index is 437. The van der Waals surface area contributed by atoms with E-state index in [-0.39, 0.29) is 0 Å². The summed E-state index contributed by atoms with van der Waals surface area (Å²) < 4.78 is 6.78. The van der Waals surface area contributed by atoms with E-state index in [0.29, 0.717) is 12.4 Å². The lowest BCUT2D eigenvalue weighted by Crippen LogP contribution is -1.98. The van der Waals surface area contributed by atoms with E-state index in [9.17, 15) is 0 Å². The number of aromatic nitrogens is 4. The molecule has 0 fully saturated rings. The summed E-state index contributed by atoms with van der Waals surface area (Å²) in [7, 11) is 0. The van der Waals surface area contributed by atoms with E-state index in [1.807, 2.05) is 19.2 Å². The fraction of sp³-hybridized carbons (Fsp3) is 0.444. The van der Waals surface area contributed by atoms with E-state index < -0.39 is 0 Å². The molecule has 0 spiro atoms. The van der Waals surface area contributed by atoms with Gasteiger partial charge in [0.1, 0.15) is 6.54 Å². The highest BCUT2D eigenvalue weighted by molar-refractivity contribution is 6.17. The molecule has 5 nitrogen and oxygen atoms in total. The summed E-state index contributed by atoms with van der Waals surface area (Å²) in [5, 5.41) is 11.7. The van der Waals surface area contributed by atoms with E-state index >= 15 is 0 Å². The van der Waals surface area contributed by atoms with Crippen molar-refractivity contribution in [3.05, 3.63) is 29.4 Å². The van der Waals surface area contributed by atoms with Crippen LogP contribution >= 0.6 is 11.6 Å². The molecule has 2 aromatic heterocycles. The van der Waals surface area contributed by atoms with Crippen LogP contribution in [0.2, 0.25) is 0 Å². The molecule has 0 aliphatic rings. The molecule has 0 aliphatic carbocycles. The van der Waals surface area contributed by atoms with Crippen molar-refractivity contribution in [2.24, 2.45) is 0 Å². The van der Waals surface area contributed by atoms with E-state index in [4.69, 9.17) is 16.1 Å². The summed E-state index contributed by atoms with van der Waals surface area (Å²) >= 11 is 5.60. The number of alkyl halides is 1. The minimum atomic E-state index is 0.552. The van der Waals surface area contributed by atoms with Crippen molar-refractivity contribution in [1.29, 1.82) is 0 Å². The second kappa shape index (κ2) is 4.44. The minimum absolute atomic E-state index is 0.552. The van der Waals surface area contributed by atoms with Gasteiger partial charge < -0.3 is 4.52 Å². The summed E-state index contributed by atoms with van der Waals surface area (Å²) in [5.74, 6) is 1.33. The van der Waals surface area contributed by atoms with Gasteiger partial charge >= 0.3 is 0 Å². The van der Waals surface area contributed by atoms with Gasteiger partial charge in [-0.2, -0.15) is 0 Å². The monoisotopic (exact) mass is 226 g/mol. The molecular weight excluding hydrogens is 216 g/mol. The molecule has 0 N–H and O–H groups in total. The second-order valence-electron chi connectivity index (χ2n) is 3.28. The maximum atomic E-state index is 5.60. The first-order valence-corrected chi connectivity index (χ1v) is 5.18. The number of halogens is 1. The summed E-state index contributed by atoms with van der Waals surface area (Å²) in [6.07, 6.45) is 2.59. The highest BCUT2D eigenvalue weighted by Gasteiger charge is 2.04. The Labute approximate surface area is 92.0 Å². The van der Waals surface area contributed by atoms with Crippen molar-refractivity contribution in [2.45, 2.75) is 19.9 Å². The second-order valence-corrected chi connectivity index (χ2v) is 3.66. The maximum Gasteiger partial charge on any atom is 0.158 e. The van der Waals surface area contributed by atoms with Crippen LogP contribution in [0, 0.1) is 6.92 Å². The van der Waals surface area contributed by atoms with Crippen molar-refractivity contribution in [1.82, 2.24) is 20.2 Å². The van der Waals surface area contributed by atoms with Crippen LogP contribution in [-0.4, -0.2) is 26.0 Å². The average Bonchev–Trinajstić information content (AvgIpc) is 2.78. The molecule has 0 radical (unpaired) electrons. The average molecular weight is 227 g/mol. The zero-order chi connectivity index (χ0) is 10.7. The Balaban J connectivity index is 2.04. The quantitative estimate of drug-likeness (QED) is 0.740. The van der Waals surface area contributed by atoms with E-state index in [2.05, 4.69) is 15.5 Å². The van der Waals surface area contributed by atoms with Gasteiger partial charge in [-0.3, -0.25) is 0 Å². The zero-order valence-corrected chi connectivity index (χ0v) is 9.11. The van der Waals surface area contributed by atoms with Crippen LogP contribution in [0.4, 0.5) is 0 Å². The van der Waals surface area contributed by atoms with Gasteiger partial charge in [0, 0.05) is 24.6 Å². The van der Waals surface area contributed by atoms with Crippen LogP contribution < -0.4 is 0 Å². The lowest BCUT2D eigenvalue weighted by molar-refractivity contribution is 0.367. The van der Waals surface area contributed by atoms with Gasteiger partial charge in [0.2, 0.25) is 0 Å². The largest absolute Gasteiger partial charge is 0.359 e.